The summed E-state index contributed by atoms with van der Waals surface area (Å²) < 4.78 is 0. The van der Waals surface area contributed by atoms with Crippen LogP contribution in [0.3, 0.4) is 0 Å². The molecule has 1 rings (SSSR count). The number of rotatable bonds is 0. The molecule has 2 N–H and O–H groups in total. The monoisotopic (exact) mass is 136 g/mol. The van der Waals surface area contributed by atoms with Crippen molar-refractivity contribution in [3.63, 3.8) is 0 Å². The molecule has 0 aromatic heterocycles. The molecule has 1 unspecified atom stereocenters. The number of amidine groups is 1. The molecule has 1 heterocycles. The highest BCUT2D eigenvalue weighted by Crippen LogP contribution is 2.02. The van der Waals surface area contributed by atoms with Crippen LogP contribution in [0.2, 0.25) is 0 Å². The van der Waals surface area contributed by atoms with E-state index in [1.807, 2.05) is 0 Å². The van der Waals surface area contributed by atoms with E-state index >= 15 is 0 Å². The van der Waals surface area contributed by atoms with Crippen molar-refractivity contribution >= 4 is 5.84 Å². The van der Waals surface area contributed by atoms with Gasteiger partial charge in [0.05, 0.1) is 6.07 Å². The predicted molar refractivity (Wildman–Crippen MR) is 37.9 cm³/mol. The SMILES string of the molecule is CN1N=C(N)C=CC1C#N. The summed E-state index contributed by atoms with van der Waals surface area (Å²) in [6.07, 6.45) is 3.34. The second kappa shape index (κ2) is 2.40. The first kappa shape index (κ1) is 6.62. The van der Waals surface area contributed by atoms with Gasteiger partial charge in [-0.2, -0.15) is 10.4 Å². The first-order chi connectivity index (χ1) is 4.74. The Bertz CT molecular complexity index is 222. The molecule has 4 nitrogen and oxygen atoms in total. The number of hydrazone groups is 1. The van der Waals surface area contributed by atoms with Crippen LogP contribution in [-0.2, 0) is 0 Å². The van der Waals surface area contributed by atoms with Crippen molar-refractivity contribution in [1.29, 1.82) is 5.26 Å². The Hall–Kier alpha value is -1.50. The zero-order valence-corrected chi connectivity index (χ0v) is 5.65. The second-order valence-corrected chi connectivity index (χ2v) is 2.03. The number of hydrogen-bond donors (Lipinski definition) is 1. The van der Waals surface area contributed by atoms with Gasteiger partial charge in [-0.15, -0.1) is 0 Å². The van der Waals surface area contributed by atoms with E-state index in [0.717, 1.165) is 0 Å². The Morgan fingerprint density at radius 3 is 3.10 bits per heavy atom. The molecule has 0 saturated heterocycles. The van der Waals surface area contributed by atoms with Gasteiger partial charge in [0.1, 0.15) is 5.84 Å². The van der Waals surface area contributed by atoms with Gasteiger partial charge >= 0.3 is 0 Å². The molecule has 0 bridgehead atoms. The lowest BCUT2D eigenvalue weighted by Crippen LogP contribution is -2.30. The average Bonchev–Trinajstić information content (AvgIpc) is 1.88. The summed E-state index contributed by atoms with van der Waals surface area (Å²) in [7, 11) is 1.71. The first-order valence-electron chi connectivity index (χ1n) is 2.89. The van der Waals surface area contributed by atoms with Gasteiger partial charge in [0.25, 0.3) is 0 Å². The summed E-state index contributed by atoms with van der Waals surface area (Å²) in [4.78, 5) is 0. The molecular weight excluding hydrogens is 128 g/mol. The predicted octanol–water partition coefficient (Wildman–Crippen LogP) is -0.348. The zero-order valence-electron chi connectivity index (χ0n) is 5.65. The van der Waals surface area contributed by atoms with Gasteiger partial charge in [-0.3, -0.25) is 5.01 Å². The molecular formula is C6H8N4. The van der Waals surface area contributed by atoms with E-state index in [9.17, 15) is 0 Å². The van der Waals surface area contributed by atoms with E-state index in [2.05, 4.69) is 11.2 Å². The Morgan fingerprint density at radius 2 is 2.60 bits per heavy atom. The normalized spacial score (nSPS) is 23.8. The number of nitriles is 1. The fourth-order valence-electron chi connectivity index (χ4n) is 0.719. The van der Waals surface area contributed by atoms with Gasteiger partial charge < -0.3 is 5.73 Å². The molecule has 0 saturated carbocycles. The summed E-state index contributed by atoms with van der Waals surface area (Å²) >= 11 is 0. The van der Waals surface area contributed by atoms with Gasteiger partial charge in [0, 0.05) is 7.05 Å². The molecule has 0 spiro atoms. The summed E-state index contributed by atoms with van der Waals surface area (Å²) in [5.74, 6) is 0.439. The van der Waals surface area contributed by atoms with E-state index in [0.29, 0.717) is 5.84 Å². The van der Waals surface area contributed by atoms with Gasteiger partial charge in [0.15, 0.2) is 6.04 Å². The van der Waals surface area contributed by atoms with E-state index in [4.69, 9.17) is 11.0 Å². The molecule has 52 valence electrons. The lowest BCUT2D eigenvalue weighted by Gasteiger charge is -2.19. The highest BCUT2D eigenvalue weighted by Gasteiger charge is 2.11. The molecule has 0 aromatic rings. The Labute approximate surface area is 59.2 Å². The van der Waals surface area contributed by atoms with Crippen molar-refractivity contribution in [3.05, 3.63) is 12.2 Å². The van der Waals surface area contributed by atoms with Crippen molar-refractivity contribution in [2.24, 2.45) is 10.8 Å². The molecule has 4 heteroatoms. The van der Waals surface area contributed by atoms with Crippen LogP contribution in [0, 0.1) is 11.3 Å². The van der Waals surface area contributed by atoms with E-state index in [-0.39, 0.29) is 6.04 Å². The maximum absolute atomic E-state index is 8.49. The van der Waals surface area contributed by atoms with Crippen LogP contribution in [-0.4, -0.2) is 23.9 Å². The van der Waals surface area contributed by atoms with Crippen molar-refractivity contribution in [3.8, 4) is 6.07 Å². The van der Waals surface area contributed by atoms with Gasteiger partial charge in [-0.05, 0) is 12.2 Å². The first-order valence-corrected chi connectivity index (χ1v) is 2.89. The molecule has 0 radical (unpaired) electrons. The lowest BCUT2D eigenvalue weighted by atomic mass is 10.2. The number of nitrogens with zero attached hydrogens (tertiary/aromatic N) is 3. The van der Waals surface area contributed by atoms with Crippen molar-refractivity contribution in [1.82, 2.24) is 5.01 Å². The Balaban J connectivity index is 2.76. The standard InChI is InChI=1S/C6H8N4/c1-10-5(4-7)2-3-6(8)9-10/h2-3,5H,1H3,(H2,8,9). The highest BCUT2D eigenvalue weighted by atomic mass is 15.5. The second-order valence-electron chi connectivity index (χ2n) is 2.03. The van der Waals surface area contributed by atoms with Crippen LogP contribution in [0.4, 0.5) is 0 Å². The minimum absolute atomic E-state index is 0.271. The van der Waals surface area contributed by atoms with E-state index in [1.54, 1.807) is 19.2 Å². The van der Waals surface area contributed by atoms with Crippen LogP contribution in [0.5, 0.6) is 0 Å². The van der Waals surface area contributed by atoms with E-state index < -0.39 is 0 Å². The quantitative estimate of drug-likeness (QED) is 0.495. The summed E-state index contributed by atoms with van der Waals surface area (Å²) in [6.45, 7) is 0. The molecule has 0 aliphatic carbocycles. The third-order valence-electron chi connectivity index (χ3n) is 1.26. The Kier molecular flexibility index (Phi) is 1.59. The van der Waals surface area contributed by atoms with Crippen molar-refractivity contribution < 1.29 is 0 Å². The molecule has 0 fully saturated rings. The third-order valence-corrected chi connectivity index (χ3v) is 1.26. The fourth-order valence-corrected chi connectivity index (χ4v) is 0.719. The molecule has 1 atom stereocenters. The topological polar surface area (TPSA) is 65.4 Å². The van der Waals surface area contributed by atoms with Crippen molar-refractivity contribution in [2.45, 2.75) is 6.04 Å². The summed E-state index contributed by atoms with van der Waals surface area (Å²) in [6, 6.07) is 1.78. The maximum Gasteiger partial charge on any atom is 0.151 e. The number of nitrogens with two attached hydrogens (primary N) is 1. The smallest absolute Gasteiger partial charge is 0.151 e. The minimum Gasteiger partial charge on any atom is -0.382 e. The zero-order chi connectivity index (χ0) is 7.56. The molecule has 10 heavy (non-hydrogen) atoms. The number of hydrogen-bond acceptors (Lipinski definition) is 4. The van der Waals surface area contributed by atoms with Gasteiger partial charge in [-0.1, -0.05) is 0 Å². The lowest BCUT2D eigenvalue weighted by molar-refractivity contribution is 0.339. The molecule has 1 aliphatic heterocycles. The fraction of sp³-hybridized carbons (Fsp3) is 0.333. The largest absolute Gasteiger partial charge is 0.382 e. The molecule has 0 amide bonds. The number of likely N-dealkylation sites (N-methyl/N-ethyl adjacent to an activating group) is 1. The molecule has 0 aromatic carbocycles. The Morgan fingerprint density at radius 1 is 1.90 bits per heavy atom. The van der Waals surface area contributed by atoms with Crippen LogP contribution in [0.25, 0.3) is 0 Å². The summed E-state index contributed by atoms with van der Waals surface area (Å²) in [5.41, 5.74) is 5.35. The minimum atomic E-state index is -0.271. The van der Waals surface area contributed by atoms with Crippen LogP contribution >= 0.6 is 0 Å². The third kappa shape index (κ3) is 1.08. The maximum atomic E-state index is 8.49. The van der Waals surface area contributed by atoms with Crippen LogP contribution < -0.4 is 5.73 Å². The average molecular weight is 136 g/mol. The highest BCUT2D eigenvalue weighted by molar-refractivity contribution is 5.91. The summed E-state index contributed by atoms with van der Waals surface area (Å²) in [5, 5.41) is 13.9. The van der Waals surface area contributed by atoms with Gasteiger partial charge in [-0.25, -0.2) is 0 Å². The van der Waals surface area contributed by atoms with E-state index in [1.165, 1.54) is 5.01 Å². The van der Waals surface area contributed by atoms with Crippen molar-refractivity contribution in [2.75, 3.05) is 7.05 Å². The van der Waals surface area contributed by atoms with Crippen LogP contribution in [0.15, 0.2) is 17.3 Å². The molecule has 1 aliphatic rings. The van der Waals surface area contributed by atoms with Gasteiger partial charge in [0.2, 0.25) is 0 Å². The van der Waals surface area contributed by atoms with Crippen LogP contribution in [0.1, 0.15) is 0 Å².